The Morgan fingerprint density at radius 3 is 2.77 bits per heavy atom. The van der Waals surface area contributed by atoms with E-state index in [1.165, 1.54) is 18.2 Å². The van der Waals surface area contributed by atoms with Gasteiger partial charge in [-0.1, -0.05) is 18.2 Å². The van der Waals surface area contributed by atoms with Crippen molar-refractivity contribution in [3.8, 4) is 11.5 Å². The Morgan fingerprint density at radius 2 is 1.95 bits per heavy atom. The third-order valence-electron chi connectivity index (χ3n) is 3.24. The molecule has 1 N–H and O–H groups in total. The first-order valence-electron chi connectivity index (χ1n) is 6.55. The first-order chi connectivity index (χ1) is 10.6. The molecule has 1 heterocycles. The highest BCUT2D eigenvalue weighted by molar-refractivity contribution is 5.98. The molecular formula is C15H12N2O5. The van der Waals surface area contributed by atoms with E-state index in [1.807, 2.05) is 0 Å². The second-order valence-electron chi connectivity index (χ2n) is 4.64. The van der Waals surface area contributed by atoms with Crippen molar-refractivity contribution in [2.75, 3.05) is 6.79 Å². The summed E-state index contributed by atoms with van der Waals surface area (Å²) in [7, 11) is 0. The third kappa shape index (κ3) is 2.69. The number of nitro benzene ring substituents is 1. The summed E-state index contributed by atoms with van der Waals surface area (Å²) in [6, 6.07) is 11.2. The van der Waals surface area contributed by atoms with Crippen LogP contribution in [0, 0.1) is 10.1 Å². The molecule has 22 heavy (non-hydrogen) atoms. The van der Waals surface area contributed by atoms with E-state index >= 15 is 0 Å². The number of carbonyl (C=O) groups excluding carboxylic acids is 1. The quantitative estimate of drug-likeness (QED) is 0.690. The molecule has 0 atom stereocenters. The van der Waals surface area contributed by atoms with Gasteiger partial charge in [0.1, 0.15) is 5.56 Å². The van der Waals surface area contributed by atoms with Gasteiger partial charge in [-0.2, -0.15) is 0 Å². The largest absolute Gasteiger partial charge is 0.454 e. The Hall–Kier alpha value is -3.09. The number of nitro groups is 1. The molecule has 0 fully saturated rings. The summed E-state index contributed by atoms with van der Waals surface area (Å²) in [5.41, 5.74) is 0.634. The molecule has 1 aliphatic heterocycles. The molecule has 0 aliphatic carbocycles. The molecule has 7 nitrogen and oxygen atoms in total. The molecule has 0 spiro atoms. The summed E-state index contributed by atoms with van der Waals surface area (Å²) in [5.74, 6) is 0.788. The average molecular weight is 300 g/mol. The normalized spacial score (nSPS) is 12.0. The fourth-order valence-electron chi connectivity index (χ4n) is 2.15. The second kappa shape index (κ2) is 5.72. The minimum Gasteiger partial charge on any atom is -0.454 e. The van der Waals surface area contributed by atoms with Crippen LogP contribution in [0.5, 0.6) is 11.5 Å². The van der Waals surface area contributed by atoms with Crippen molar-refractivity contribution < 1.29 is 19.2 Å². The van der Waals surface area contributed by atoms with Gasteiger partial charge in [0.25, 0.3) is 11.6 Å². The van der Waals surface area contributed by atoms with Crippen LogP contribution in [-0.2, 0) is 6.54 Å². The zero-order valence-corrected chi connectivity index (χ0v) is 11.4. The summed E-state index contributed by atoms with van der Waals surface area (Å²) < 4.78 is 10.5. The highest BCUT2D eigenvalue weighted by atomic mass is 16.7. The van der Waals surface area contributed by atoms with Gasteiger partial charge in [-0.3, -0.25) is 14.9 Å². The molecule has 0 unspecified atom stereocenters. The lowest BCUT2D eigenvalue weighted by Gasteiger charge is -2.06. The number of hydrogen-bond acceptors (Lipinski definition) is 5. The molecule has 0 radical (unpaired) electrons. The molecule has 1 aliphatic rings. The van der Waals surface area contributed by atoms with Crippen molar-refractivity contribution in [2.24, 2.45) is 0 Å². The van der Waals surface area contributed by atoms with E-state index in [2.05, 4.69) is 5.32 Å². The van der Waals surface area contributed by atoms with Crippen LogP contribution < -0.4 is 14.8 Å². The zero-order valence-electron chi connectivity index (χ0n) is 11.4. The Kier molecular flexibility index (Phi) is 3.61. The molecule has 7 heteroatoms. The number of rotatable bonds is 4. The minimum atomic E-state index is -0.574. The fraction of sp³-hybridized carbons (Fsp3) is 0.133. The third-order valence-corrected chi connectivity index (χ3v) is 3.24. The summed E-state index contributed by atoms with van der Waals surface area (Å²) in [6.07, 6.45) is 0. The second-order valence-corrected chi connectivity index (χ2v) is 4.64. The van der Waals surface area contributed by atoms with Gasteiger partial charge in [-0.05, 0) is 23.8 Å². The van der Waals surface area contributed by atoms with Gasteiger partial charge in [-0.15, -0.1) is 0 Å². The van der Waals surface area contributed by atoms with Gasteiger partial charge >= 0.3 is 0 Å². The van der Waals surface area contributed by atoms with Crippen LogP contribution in [0.2, 0.25) is 0 Å². The maximum absolute atomic E-state index is 12.1. The standard InChI is InChI=1S/C15H12N2O5/c18-15(11-3-1-2-4-12(11)17(19)20)16-8-10-5-6-13-14(7-10)22-9-21-13/h1-7H,8-9H2,(H,16,18). The van der Waals surface area contributed by atoms with E-state index in [1.54, 1.807) is 24.3 Å². The molecule has 2 aromatic carbocycles. The van der Waals surface area contributed by atoms with E-state index in [0.717, 1.165) is 5.56 Å². The van der Waals surface area contributed by atoms with Crippen molar-refractivity contribution in [3.63, 3.8) is 0 Å². The maximum Gasteiger partial charge on any atom is 0.282 e. The SMILES string of the molecule is O=C(NCc1ccc2c(c1)OCO2)c1ccccc1[N+](=O)[O-]. The van der Waals surface area contributed by atoms with Gasteiger partial charge in [0, 0.05) is 12.6 Å². The summed E-state index contributed by atoms with van der Waals surface area (Å²) in [6.45, 7) is 0.420. The summed E-state index contributed by atoms with van der Waals surface area (Å²) >= 11 is 0. The van der Waals surface area contributed by atoms with Crippen molar-refractivity contribution in [1.82, 2.24) is 5.32 Å². The van der Waals surface area contributed by atoms with Gasteiger partial charge in [0.2, 0.25) is 6.79 Å². The summed E-state index contributed by atoms with van der Waals surface area (Å²) in [4.78, 5) is 22.5. The van der Waals surface area contributed by atoms with Crippen LogP contribution in [0.4, 0.5) is 5.69 Å². The molecule has 0 aromatic heterocycles. The predicted molar refractivity (Wildman–Crippen MR) is 76.8 cm³/mol. The molecule has 2 aromatic rings. The number of amides is 1. The van der Waals surface area contributed by atoms with Crippen molar-refractivity contribution in [1.29, 1.82) is 0 Å². The molecule has 112 valence electrons. The van der Waals surface area contributed by atoms with E-state index in [4.69, 9.17) is 9.47 Å². The van der Waals surface area contributed by atoms with E-state index in [0.29, 0.717) is 11.5 Å². The Labute approximate surface area is 125 Å². The fourth-order valence-corrected chi connectivity index (χ4v) is 2.15. The number of hydrogen-bond donors (Lipinski definition) is 1. The first kappa shape index (κ1) is 13.9. The number of nitrogens with one attached hydrogen (secondary N) is 1. The monoisotopic (exact) mass is 300 g/mol. The molecule has 0 bridgehead atoms. The maximum atomic E-state index is 12.1. The van der Waals surface area contributed by atoms with Crippen LogP contribution in [0.25, 0.3) is 0 Å². The van der Waals surface area contributed by atoms with Crippen LogP contribution in [0.1, 0.15) is 15.9 Å². The number of carbonyl (C=O) groups is 1. The lowest BCUT2D eigenvalue weighted by atomic mass is 10.1. The molecule has 1 amide bonds. The first-order valence-corrected chi connectivity index (χ1v) is 6.55. The lowest BCUT2D eigenvalue weighted by Crippen LogP contribution is -2.23. The van der Waals surface area contributed by atoms with Crippen molar-refractivity contribution in [2.45, 2.75) is 6.54 Å². The average Bonchev–Trinajstić information content (AvgIpc) is 3.00. The minimum absolute atomic E-state index is 0.0354. The van der Waals surface area contributed by atoms with Crippen LogP contribution in [-0.4, -0.2) is 17.6 Å². The Balaban J connectivity index is 1.72. The number of benzene rings is 2. The Morgan fingerprint density at radius 1 is 1.18 bits per heavy atom. The van der Waals surface area contributed by atoms with Gasteiger partial charge < -0.3 is 14.8 Å². The number of para-hydroxylation sites is 1. The van der Waals surface area contributed by atoms with Crippen LogP contribution in [0.15, 0.2) is 42.5 Å². The number of ether oxygens (including phenoxy) is 2. The predicted octanol–water partition coefficient (Wildman–Crippen LogP) is 2.25. The lowest BCUT2D eigenvalue weighted by molar-refractivity contribution is -0.385. The number of fused-ring (bicyclic) bond motifs is 1. The van der Waals surface area contributed by atoms with E-state index in [9.17, 15) is 14.9 Å². The van der Waals surface area contributed by atoms with Crippen LogP contribution in [0.3, 0.4) is 0 Å². The van der Waals surface area contributed by atoms with Gasteiger partial charge in [-0.25, -0.2) is 0 Å². The van der Waals surface area contributed by atoms with E-state index in [-0.39, 0.29) is 24.6 Å². The Bertz CT molecular complexity index is 744. The van der Waals surface area contributed by atoms with Crippen LogP contribution >= 0.6 is 0 Å². The van der Waals surface area contributed by atoms with Crippen molar-refractivity contribution in [3.05, 3.63) is 63.7 Å². The molecule has 0 saturated carbocycles. The molecule has 3 rings (SSSR count). The molecule has 0 saturated heterocycles. The highest BCUT2D eigenvalue weighted by Gasteiger charge is 2.19. The van der Waals surface area contributed by atoms with Crippen molar-refractivity contribution >= 4 is 11.6 Å². The topological polar surface area (TPSA) is 90.7 Å². The van der Waals surface area contributed by atoms with E-state index < -0.39 is 10.8 Å². The zero-order chi connectivity index (χ0) is 15.5. The number of nitrogens with zero attached hydrogens (tertiary/aromatic N) is 1. The smallest absolute Gasteiger partial charge is 0.282 e. The highest BCUT2D eigenvalue weighted by Crippen LogP contribution is 2.32. The summed E-state index contributed by atoms with van der Waals surface area (Å²) in [5, 5.41) is 13.6. The molecular weight excluding hydrogens is 288 g/mol. The van der Waals surface area contributed by atoms with Gasteiger partial charge in [0.15, 0.2) is 11.5 Å². The van der Waals surface area contributed by atoms with Gasteiger partial charge in [0.05, 0.1) is 4.92 Å².